The number of aromatic nitrogens is 3. The van der Waals surface area contributed by atoms with Gasteiger partial charge in [0.25, 0.3) is 0 Å². The van der Waals surface area contributed by atoms with Crippen molar-refractivity contribution < 1.29 is 0 Å². The number of rotatable bonds is 4. The molecule has 0 saturated carbocycles. The first-order valence-corrected chi connectivity index (χ1v) is 5.83. The van der Waals surface area contributed by atoms with Crippen LogP contribution in [0.2, 0.25) is 0 Å². The lowest BCUT2D eigenvalue weighted by atomic mass is 10.5. The van der Waals surface area contributed by atoms with E-state index >= 15 is 0 Å². The molecule has 0 radical (unpaired) electrons. The average molecular weight is 222 g/mol. The zero-order valence-electron chi connectivity index (χ0n) is 8.90. The van der Waals surface area contributed by atoms with Gasteiger partial charge in [-0.3, -0.25) is 0 Å². The Morgan fingerprint density at radius 1 is 1.53 bits per heavy atom. The van der Waals surface area contributed by atoms with Crippen LogP contribution in [0.25, 0.3) is 0 Å². The number of imidazole rings is 1. The fourth-order valence-electron chi connectivity index (χ4n) is 1.44. The van der Waals surface area contributed by atoms with Gasteiger partial charge in [-0.1, -0.05) is 0 Å². The molecule has 0 aliphatic heterocycles. The highest BCUT2D eigenvalue weighted by Gasteiger charge is 2.05. The number of hydrogen-bond donors (Lipinski definition) is 1. The molecule has 4 nitrogen and oxygen atoms in total. The van der Waals surface area contributed by atoms with Crippen molar-refractivity contribution in [3.63, 3.8) is 0 Å². The van der Waals surface area contributed by atoms with Crippen LogP contribution in [0.5, 0.6) is 0 Å². The molecule has 0 fully saturated rings. The van der Waals surface area contributed by atoms with E-state index in [1.807, 2.05) is 24.7 Å². The highest BCUT2D eigenvalue weighted by Crippen LogP contribution is 2.13. The number of anilines is 1. The van der Waals surface area contributed by atoms with Crippen LogP contribution in [-0.4, -0.2) is 21.1 Å². The molecule has 0 atom stereocenters. The van der Waals surface area contributed by atoms with E-state index < -0.39 is 0 Å². The maximum atomic E-state index is 4.41. The molecule has 2 rings (SSSR count). The molecule has 0 aliphatic carbocycles. The van der Waals surface area contributed by atoms with E-state index in [-0.39, 0.29) is 0 Å². The summed E-state index contributed by atoms with van der Waals surface area (Å²) < 4.78 is 2.09. The van der Waals surface area contributed by atoms with Crippen molar-refractivity contribution >= 4 is 17.3 Å². The lowest BCUT2D eigenvalue weighted by molar-refractivity contribution is 0.792. The predicted octanol–water partition coefficient (Wildman–Crippen LogP) is 2.13. The Kier molecular flexibility index (Phi) is 3.01. The second-order valence-corrected chi connectivity index (χ2v) is 4.27. The molecule has 0 spiro atoms. The van der Waals surface area contributed by atoms with Gasteiger partial charge in [0.2, 0.25) is 5.95 Å². The molecule has 2 aromatic heterocycles. The Morgan fingerprint density at radius 2 is 2.40 bits per heavy atom. The lowest BCUT2D eigenvalue weighted by Crippen LogP contribution is -2.07. The van der Waals surface area contributed by atoms with Crippen molar-refractivity contribution in [2.75, 3.05) is 11.9 Å². The summed E-state index contributed by atoms with van der Waals surface area (Å²) in [6.45, 7) is 5.74. The van der Waals surface area contributed by atoms with Crippen LogP contribution in [0.3, 0.4) is 0 Å². The Hall–Kier alpha value is -1.36. The van der Waals surface area contributed by atoms with Gasteiger partial charge in [-0.25, -0.2) is 9.97 Å². The zero-order valence-corrected chi connectivity index (χ0v) is 9.71. The van der Waals surface area contributed by atoms with Crippen LogP contribution in [-0.2, 0) is 6.54 Å². The molecule has 0 unspecified atom stereocenters. The Labute approximate surface area is 93.0 Å². The van der Waals surface area contributed by atoms with Gasteiger partial charge < -0.3 is 9.88 Å². The number of nitrogens with zero attached hydrogens (tertiary/aromatic N) is 3. The van der Waals surface area contributed by atoms with E-state index in [0.29, 0.717) is 0 Å². The van der Waals surface area contributed by atoms with Crippen LogP contribution >= 0.6 is 11.3 Å². The first-order chi connectivity index (χ1) is 7.29. The highest BCUT2D eigenvalue weighted by molar-refractivity contribution is 7.09. The van der Waals surface area contributed by atoms with Crippen molar-refractivity contribution in [1.82, 2.24) is 14.5 Å². The molecule has 0 aliphatic rings. The summed E-state index contributed by atoms with van der Waals surface area (Å²) >= 11 is 1.67. The van der Waals surface area contributed by atoms with Gasteiger partial charge in [0.15, 0.2) is 0 Å². The predicted molar refractivity (Wildman–Crippen MR) is 62.3 cm³/mol. The minimum Gasteiger partial charge on any atom is -0.356 e. The third-order valence-electron chi connectivity index (χ3n) is 2.02. The minimum atomic E-state index is 0.792. The van der Waals surface area contributed by atoms with Crippen LogP contribution < -0.4 is 5.32 Å². The van der Waals surface area contributed by atoms with Gasteiger partial charge in [0.1, 0.15) is 5.01 Å². The summed E-state index contributed by atoms with van der Waals surface area (Å²) in [6.07, 6.45) is 3.87. The Bertz CT molecular complexity index is 419. The first kappa shape index (κ1) is 10.2. The third kappa shape index (κ3) is 2.36. The van der Waals surface area contributed by atoms with Crippen molar-refractivity contribution in [2.24, 2.45) is 0 Å². The Balaban J connectivity index is 2.19. The molecule has 0 aromatic carbocycles. The monoisotopic (exact) mass is 222 g/mol. The maximum Gasteiger partial charge on any atom is 0.203 e. The number of aryl methyl sites for hydroxylation is 1. The summed E-state index contributed by atoms with van der Waals surface area (Å²) in [5, 5.41) is 6.33. The average Bonchev–Trinajstić information content (AvgIpc) is 2.78. The Morgan fingerprint density at radius 3 is 3.07 bits per heavy atom. The van der Waals surface area contributed by atoms with E-state index in [1.54, 1.807) is 11.3 Å². The molecular weight excluding hydrogens is 208 g/mol. The van der Waals surface area contributed by atoms with E-state index in [2.05, 4.69) is 26.8 Å². The van der Waals surface area contributed by atoms with Crippen molar-refractivity contribution in [3.05, 3.63) is 28.5 Å². The quantitative estimate of drug-likeness (QED) is 0.861. The number of nitrogens with one attached hydrogen (secondary N) is 1. The first-order valence-electron chi connectivity index (χ1n) is 4.95. The van der Waals surface area contributed by atoms with Crippen molar-refractivity contribution in [2.45, 2.75) is 20.4 Å². The molecular formula is C10H14N4S. The normalized spacial score (nSPS) is 10.5. The van der Waals surface area contributed by atoms with E-state index in [9.17, 15) is 0 Å². The summed E-state index contributed by atoms with van der Waals surface area (Å²) in [7, 11) is 0. The van der Waals surface area contributed by atoms with Gasteiger partial charge in [-0.2, -0.15) is 0 Å². The van der Waals surface area contributed by atoms with Gasteiger partial charge >= 0.3 is 0 Å². The fraction of sp³-hybridized carbons (Fsp3) is 0.400. The third-order valence-corrected chi connectivity index (χ3v) is 2.79. The molecule has 80 valence electrons. The van der Waals surface area contributed by atoms with E-state index in [1.165, 1.54) is 0 Å². The molecule has 2 aromatic rings. The fourth-order valence-corrected chi connectivity index (χ4v) is 2.06. The zero-order chi connectivity index (χ0) is 10.7. The standard InChI is InChI=1S/C10H14N4S/c1-3-11-10-13-8(2)6-14(10)7-9-12-4-5-15-9/h4-6H,3,7H2,1-2H3,(H,11,13). The smallest absolute Gasteiger partial charge is 0.203 e. The molecule has 2 heterocycles. The minimum absolute atomic E-state index is 0.792. The molecule has 0 saturated heterocycles. The van der Waals surface area contributed by atoms with Crippen LogP contribution in [0.15, 0.2) is 17.8 Å². The van der Waals surface area contributed by atoms with Gasteiger partial charge in [-0.15, -0.1) is 11.3 Å². The summed E-state index contributed by atoms with van der Waals surface area (Å²) in [4.78, 5) is 8.67. The molecule has 0 amide bonds. The van der Waals surface area contributed by atoms with Crippen LogP contribution in [0.1, 0.15) is 17.6 Å². The summed E-state index contributed by atoms with van der Waals surface area (Å²) in [6, 6.07) is 0. The summed E-state index contributed by atoms with van der Waals surface area (Å²) in [5.74, 6) is 0.921. The topological polar surface area (TPSA) is 42.7 Å². The maximum absolute atomic E-state index is 4.41. The second kappa shape index (κ2) is 4.44. The second-order valence-electron chi connectivity index (χ2n) is 3.29. The lowest BCUT2D eigenvalue weighted by Gasteiger charge is -2.05. The van der Waals surface area contributed by atoms with Gasteiger partial charge in [0, 0.05) is 24.3 Å². The molecule has 5 heteroatoms. The molecule has 1 N–H and O–H groups in total. The largest absolute Gasteiger partial charge is 0.356 e. The van der Waals surface area contributed by atoms with Gasteiger partial charge in [-0.05, 0) is 13.8 Å². The van der Waals surface area contributed by atoms with E-state index in [4.69, 9.17) is 0 Å². The molecule has 15 heavy (non-hydrogen) atoms. The number of hydrogen-bond acceptors (Lipinski definition) is 4. The SMILES string of the molecule is CCNc1nc(C)cn1Cc1nccs1. The molecule has 0 bridgehead atoms. The number of thiazole rings is 1. The highest BCUT2D eigenvalue weighted by atomic mass is 32.1. The van der Waals surface area contributed by atoms with Crippen molar-refractivity contribution in [3.8, 4) is 0 Å². The van der Waals surface area contributed by atoms with Crippen LogP contribution in [0.4, 0.5) is 5.95 Å². The van der Waals surface area contributed by atoms with Crippen LogP contribution in [0, 0.1) is 6.92 Å². The van der Waals surface area contributed by atoms with Crippen molar-refractivity contribution in [1.29, 1.82) is 0 Å². The van der Waals surface area contributed by atoms with Gasteiger partial charge in [0.05, 0.1) is 12.2 Å². The van der Waals surface area contributed by atoms with E-state index in [0.717, 1.165) is 29.7 Å². The summed E-state index contributed by atoms with van der Waals surface area (Å²) in [5.41, 5.74) is 1.03.